The Morgan fingerprint density at radius 3 is 2.39 bits per heavy atom. The fourth-order valence-electron chi connectivity index (χ4n) is 10.5. The van der Waals surface area contributed by atoms with Crippen molar-refractivity contribution in [3.8, 4) is 0 Å². The molecule has 4 aliphatic rings. The van der Waals surface area contributed by atoms with E-state index in [9.17, 15) is 23.3 Å². The van der Waals surface area contributed by atoms with Gasteiger partial charge < -0.3 is 20.4 Å². The lowest BCUT2D eigenvalue weighted by Gasteiger charge is -2.43. The van der Waals surface area contributed by atoms with Crippen molar-refractivity contribution in [3.63, 3.8) is 0 Å². The summed E-state index contributed by atoms with van der Waals surface area (Å²) in [5.74, 6) is -0.196. The van der Waals surface area contributed by atoms with E-state index in [4.69, 9.17) is 11.6 Å². The molecule has 1 aliphatic carbocycles. The molecule has 5 aromatic rings. The number of halogens is 1. The molecule has 3 aliphatic heterocycles. The zero-order valence-corrected chi connectivity index (χ0v) is 42.8. The number of thioether (sulfide) groups is 1. The van der Waals surface area contributed by atoms with Crippen molar-refractivity contribution in [2.45, 2.75) is 61.4 Å². The van der Waals surface area contributed by atoms with Crippen LogP contribution in [0.15, 0.2) is 131 Å². The largest absolute Gasteiger partial charge is 0.376 e. The summed E-state index contributed by atoms with van der Waals surface area (Å²) in [6, 6.07) is 32.9. The number of benzene rings is 4. The van der Waals surface area contributed by atoms with Crippen molar-refractivity contribution in [1.29, 1.82) is 0 Å². The highest BCUT2D eigenvalue weighted by atomic mass is 35.5. The molecule has 1 unspecified atom stereocenters. The Kier molecular flexibility index (Phi) is 16.4. The van der Waals surface area contributed by atoms with Crippen LogP contribution in [0, 0.1) is 15.5 Å². The fraction of sp³-hybridized carbons (Fsp3) is 0.407. The van der Waals surface area contributed by atoms with Crippen molar-refractivity contribution in [3.05, 3.63) is 158 Å². The van der Waals surface area contributed by atoms with E-state index < -0.39 is 26.5 Å². The van der Waals surface area contributed by atoms with E-state index in [0.717, 1.165) is 138 Å². The number of nitro benzene ring substituents is 1. The van der Waals surface area contributed by atoms with Gasteiger partial charge in [0.2, 0.25) is 0 Å². The number of nitrogens with one attached hydrogen (secondary N) is 3. The van der Waals surface area contributed by atoms with E-state index in [2.05, 4.69) is 65.1 Å². The Bertz CT molecular complexity index is 2790. The third-order valence-corrected chi connectivity index (χ3v) is 17.2. The van der Waals surface area contributed by atoms with Crippen LogP contribution in [0.5, 0.6) is 0 Å². The number of aromatic nitrogens is 1. The monoisotopic (exact) mass is 1020 g/mol. The van der Waals surface area contributed by atoms with Crippen LogP contribution in [0.3, 0.4) is 0 Å². The van der Waals surface area contributed by atoms with Gasteiger partial charge in [0.25, 0.3) is 21.6 Å². The molecule has 2 saturated heterocycles. The van der Waals surface area contributed by atoms with E-state index in [-0.39, 0.29) is 27.6 Å². The lowest BCUT2D eigenvalue weighted by atomic mass is 9.71. The van der Waals surface area contributed by atoms with Crippen molar-refractivity contribution < 1.29 is 18.1 Å². The zero-order chi connectivity index (χ0) is 49.4. The molecular weight excluding hydrogens is 954 g/mol. The summed E-state index contributed by atoms with van der Waals surface area (Å²) < 4.78 is 29.5. The maximum Gasteiger partial charge on any atom is 0.293 e. The first-order chi connectivity index (χ1) is 34.4. The highest BCUT2D eigenvalue weighted by Gasteiger charge is 2.35. The fourth-order valence-corrected chi connectivity index (χ4v) is 12.6. The molecule has 2 fully saturated rings. The number of allylic oxidation sites excluding steroid dienone is 1. The van der Waals surface area contributed by atoms with Crippen LogP contribution in [-0.4, -0.2) is 129 Å². The summed E-state index contributed by atoms with van der Waals surface area (Å²) in [7, 11) is -4.47. The molecule has 0 spiro atoms. The van der Waals surface area contributed by atoms with E-state index in [1.165, 1.54) is 34.4 Å². The first-order valence-electron chi connectivity index (χ1n) is 24.8. The number of hydrogen-bond acceptors (Lipinski definition) is 13. The normalized spacial score (nSPS) is 19.8. The first kappa shape index (κ1) is 50.6. The molecular formula is C54H64ClN9O5S2. The topological polar surface area (TPSA) is 156 Å². The number of rotatable bonds is 18. The number of carbonyl (C=O) groups is 1. The third kappa shape index (κ3) is 13.2. The van der Waals surface area contributed by atoms with Gasteiger partial charge in [0.1, 0.15) is 5.69 Å². The summed E-state index contributed by atoms with van der Waals surface area (Å²) in [6.45, 7) is 14.5. The van der Waals surface area contributed by atoms with Crippen LogP contribution < -0.4 is 20.3 Å². The summed E-state index contributed by atoms with van der Waals surface area (Å²) in [4.78, 5) is 40.5. The third-order valence-electron chi connectivity index (χ3n) is 14.4. The van der Waals surface area contributed by atoms with Crippen molar-refractivity contribution in [2.24, 2.45) is 5.41 Å². The molecule has 0 bridgehead atoms. The summed E-state index contributed by atoms with van der Waals surface area (Å²) >= 11 is 7.96. The molecule has 71 heavy (non-hydrogen) atoms. The quantitative estimate of drug-likeness (QED) is 0.0437. The minimum absolute atomic E-state index is 0.165. The van der Waals surface area contributed by atoms with E-state index in [0.29, 0.717) is 12.2 Å². The van der Waals surface area contributed by atoms with Crippen LogP contribution in [0.4, 0.5) is 17.1 Å². The predicted octanol–water partition coefficient (Wildman–Crippen LogP) is 8.45. The SMILES string of the molecule is C[C@@]1(CN2CCNCC2)CCC(c2ccc(Cl)cc2)=C(CN2CCN(c3ccc(C(=O)NS(=O)(=O)c4ccc(NC(CCN5CCc6cccnc6C5)CSc5ccccc5)c([N+](=O)[O-])c4)cc3)CC2)C1. The second kappa shape index (κ2) is 23.0. The molecule has 1 amide bonds. The Morgan fingerprint density at radius 2 is 1.65 bits per heavy atom. The Hall–Kier alpha value is -5.33. The Balaban J connectivity index is 0.813. The van der Waals surface area contributed by atoms with Gasteiger partial charge in [-0.15, -0.1) is 11.8 Å². The average Bonchev–Trinajstić information content (AvgIpc) is 3.38. The van der Waals surface area contributed by atoms with Crippen LogP contribution in [-0.2, 0) is 23.0 Å². The van der Waals surface area contributed by atoms with Gasteiger partial charge >= 0.3 is 0 Å². The lowest BCUT2D eigenvalue weighted by molar-refractivity contribution is -0.384. The van der Waals surface area contributed by atoms with Crippen LogP contribution >= 0.6 is 23.4 Å². The van der Waals surface area contributed by atoms with Crippen LogP contribution in [0.25, 0.3) is 5.57 Å². The lowest BCUT2D eigenvalue weighted by Crippen LogP contribution is -2.49. The van der Waals surface area contributed by atoms with E-state index in [1.54, 1.807) is 23.9 Å². The molecule has 1 aromatic heterocycles. The molecule has 374 valence electrons. The highest BCUT2D eigenvalue weighted by molar-refractivity contribution is 7.99. The van der Waals surface area contributed by atoms with Gasteiger partial charge in [0.15, 0.2) is 0 Å². The molecule has 14 nitrogen and oxygen atoms in total. The highest BCUT2D eigenvalue weighted by Crippen LogP contribution is 2.44. The first-order valence-corrected chi connectivity index (χ1v) is 27.6. The molecule has 0 radical (unpaired) electrons. The zero-order valence-electron chi connectivity index (χ0n) is 40.4. The van der Waals surface area contributed by atoms with E-state index >= 15 is 0 Å². The average molecular weight is 1020 g/mol. The van der Waals surface area contributed by atoms with Crippen LogP contribution in [0.1, 0.15) is 59.8 Å². The second-order valence-corrected chi connectivity index (χ2v) is 22.9. The number of anilines is 2. The number of sulfonamides is 1. The number of nitro groups is 1. The van der Waals surface area contributed by atoms with Crippen molar-refractivity contribution in [1.82, 2.24) is 29.7 Å². The molecule has 9 rings (SSSR count). The van der Waals surface area contributed by atoms with Gasteiger partial charge in [-0.05, 0) is 121 Å². The molecule has 4 aromatic carbocycles. The molecule has 2 atom stereocenters. The van der Waals surface area contributed by atoms with Gasteiger partial charge in [0.05, 0.1) is 15.5 Å². The second-order valence-electron chi connectivity index (χ2n) is 19.7. The van der Waals surface area contributed by atoms with Gasteiger partial charge in [-0.3, -0.25) is 29.7 Å². The minimum atomic E-state index is -4.47. The Labute approximate surface area is 427 Å². The number of hydrogen-bond donors (Lipinski definition) is 3. The standard InChI is InChI=1S/C54H64ClN9O5S2/c1-54(39-62-28-24-56-25-29-62)22-19-49(40-9-13-44(55)14-10-40)43(35-54)36-61-30-32-63(33-31-61)46-15-11-42(12-16-46)53(65)59-71(68,69)48-17-18-50(52(34-48)64(66)67)58-45(38-70-47-7-3-2-4-8-47)21-27-60-26-20-41-6-5-23-57-51(41)37-60/h2-18,23,34,45,56,58H,19-22,24-33,35-39H2,1H3,(H,59,65)/t45?,54-/m1/s1. The number of amides is 1. The molecule has 4 heterocycles. The predicted molar refractivity (Wildman–Crippen MR) is 285 cm³/mol. The van der Waals surface area contributed by atoms with Crippen molar-refractivity contribution in [2.75, 3.05) is 94.5 Å². The molecule has 3 N–H and O–H groups in total. The summed E-state index contributed by atoms with van der Waals surface area (Å²) in [6.07, 6.45) is 6.69. The van der Waals surface area contributed by atoms with E-state index in [1.807, 2.05) is 66.9 Å². The number of piperazine rings is 2. The smallest absolute Gasteiger partial charge is 0.293 e. The molecule has 17 heteroatoms. The number of nitrogens with zero attached hydrogens (tertiary/aromatic N) is 6. The van der Waals surface area contributed by atoms with Gasteiger partial charge in [-0.2, -0.15) is 0 Å². The van der Waals surface area contributed by atoms with Gasteiger partial charge in [-0.25, -0.2) is 13.1 Å². The number of fused-ring (bicyclic) bond motifs is 1. The summed E-state index contributed by atoms with van der Waals surface area (Å²) in [5.41, 5.74) is 7.70. The summed E-state index contributed by atoms with van der Waals surface area (Å²) in [5, 5.41) is 20.1. The maximum absolute atomic E-state index is 13.7. The van der Waals surface area contributed by atoms with Gasteiger partial charge in [-0.1, -0.05) is 60.5 Å². The number of pyridine rings is 1. The molecule has 0 saturated carbocycles. The minimum Gasteiger partial charge on any atom is -0.376 e. The maximum atomic E-state index is 13.7. The Morgan fingerprint density at radius 1 is 0.887 bits per heavy atom. The van der Waals surface area contributed by atoms with Crippen LogP contribution in [0.2, 0.25) is 5.02 Å². The van der Waals surface area contributed by atoms with Crippen molar-refractivity contribution >= 4 is 61.9 Å². The number of carbonyl (C=O) groups excluding carboxylic acids is 1. The van der Waals surface area contributed by atoms with Gasteiger partial charge in [0, 0.05) is 130 Å².